The highest BCUT2D eigenvalue weighted by Gasteiger charge is 2.07. The summed E-state index contributed by atoms with van der Waals surface area (Å²) in [6, 6.07) is 3.30. The van der Waals surface area contributed by atoms with Crippen LogP contribution in [0.4, 0.5) is 8.78 Å². The molecule has 0 amide bonds. The average molecular weight is 256 g/mol. The molecule has 1 aromatic rings. The maximum atomic E-state index is 13.2. The van der Waals surface area contributed by atoms with Crippen molar-refractivity contribution in [2.24, 2.45) is 0 Å². The van der Waals surface area contributed by atoms with Crippen LogP contribution in [0.3, 0.4) is 0 Å². The quantitative estimate of drug-likeness (QED) is 0.647. The van der Waals surface area contributed by atoms with Gasteiger partial charge in [-0.15, -0.1) is 0 Å². The van der Waals surface area contributed by atoms with Gasteiger partial charge in [-0.3, -0.25) is 4.79 Å². The van der Waals surface area contributed by atoms with Crippen LogP contribution in [0, 0.1) is 11.6 Å². The predicted octanol–water partition coefficient (Wildman–Crippen LogP) is 1.99. The molecule has 0 saturated carbocycles. The van der Waals surface area contributed by atoms with Gasteiger partial charge in [-0.25, -0.2) is 8.78 Å². The standard InChI is InChI=1S/C13H14F2O3/c1-18-13(17)8-11(16)4-2-3-9-5-6-10(14)7-12(9)15/h2,4-7,11,16H,3,8H2,1H3/b4-2+/t11-/m0/s1. The number of carbonyl (C=O) groups is 1. The lowest BCUT2D eigenvalue weighted by atomic mass is 10.1. The number of aliphatic hydroxyl groups excluding tert-OH is 1. The second-order valence-corrected chi connectivity index (χ2v) is 3.72. The fraction of sp³-hybridized carbons (Fsp3) is 0.308. The van der Waals surface area contributed by atoms with Gasteiger partial charge in [-0.1, -0.05) is 18.2 Å². The summed E-state index contributed by atoms with van der Waals surface area (Å²) >= 11 is 0. The highest BCUT2D eigenvalue weighted by atomic mass is 19.1. The second-order valence-electron chi connectivity index (χ2n) is 3.72. The number of hydrogen-bond acceptors (Lipinski definition) is 3. The maximum Gasteiger partial charge on any atom is 0.308 e. The molecule has 0 heterocycles. The zero-order valence-corrected chi connectivity index (χ0v) is 9.90. The fourth-order valence-corrected chi connectivity index (χ4v) is 1.36. The fourth-order valence-electron chi connectivity index (χ4n) is 1.36. The average Bonchev–Trinajstić information content (AvgIpc) is 2.31. The van der Waals surface area contributed by atoms with Crippen LogP contribution in [0.15, 0.2) is 30.4 Å². The van der Waals surface area contributed by atoms with Crippen molar-refractivity contribution in [1.82, 2.24) is 0 Å². The minimum atomic E-state index is -0.971. The molecule has 1 atom stereocenters. The van der Waals surface area contributed by atoms with E-state index in [-0.39, 0.29) is 12.8 Å². The smallest absolute Gasteiger partial charge is 0.308 e. The molecular formula is C13H14F2O3. The molecule has 0 unspecified atom stereocenters. The summed E-state index contributed by atoms with van der Waals surface area (Å²) in [5.74, 6) is -1.80. The Bertz CT molecular complexity index is 444. The molecule has 0 fully saturated rings. The molecule has 0 bridgehead atoms. The number of esters is 1. The van der Waals surface area contributed by atoms with E-state index in [2.05, 4.69) is 4.74 Å². The van der Waals surface area contributed by atoms with Gasteiger partial charge in [0.15, 0.2) is 0 Å². The van der Waals surface area contributed by atoms with E-state index in [1.54, 1.807) is 0 Å². The number of halogens is 2. The van der Waals surface area contributed by atoms with Gasteiger partial charge in [0.25, 0.3) is 0 Å². The van der Waals surface area contributed by atoms with Gasteiger partial charge >= 0.3 is 5.97 Å². The zero-order valence-electron chi connectivity index (χ0n) is 9.90. The van der Waals surface area contributed by atoms with Crippen molar-refractivity contribution >= 4 is 5.97 Å². The largest absolute Gasteiger partial charge is 0.469 e. The van der Waals surface area contributed by atoms with Gasteiger partial charge in [0.2, 0.25) is 0 Å². The first-order valence-electron chi connectivity index (χ1n) is 5.38. The molecule has 5 heteroatoms. The molecule has 18 heavy (non-hydrogen) atoms. The summed E-state index contributed by atoms with van der Waals surface area (Å²) in [4.78, 5) is 10.8. The first-order valence-corrected chi connectivity index (χ1v) is 5.38. The van der Waals surface area contributed by atoms with E-state index in [4.69, 9.17) is 0 Å². The van der Waals surface area contributed by atoms with Crippen molar-refractivity contribution < 1.29 is 23.4 Å². The topological polar surface area (TPSA) is 46.5 Å². The van der Waals surface area contributed by atoms with Crippen molar-refractivity contribution in [3.05, 3.63) is 47.5 Å². The Morgan fingerprint density at radius 2 is 2.22 bits per heavy atom. The highest BCUT2D eigenvalue weighted by Crippen LogP contribution is 2.10. The number of benzene rings is 1. The van der Waals surface area contributed by atoms with E-state index >= 15 is 0 Å². The van der Waals surface area contributed by atoms with Gasteiger partial charge in [0.05, 0.1) is 19.6 Å². The van der Waals surface area contributed by atoms with E-state index in [1.807, 2.05) is 0 Å². The lowest BCUT2D eigenvalue weighted by Crippen LogP contribution is -2.11. The molecule has 1 aromatic carbocycles. The first kappa shape index (κ1) is 14.3. The highest BCUT2D eigenvalue weighted by molar-refractivity contribution is 5.70. The van der Waals surface area contributed by atoms with Gasteiger partial charge in [-0.05, 0) is 18.1 Å². The van der Waals surface area contributed by atoms with Crippen LogP contribution in [-0.2, 0) is 16.0 Å². The lowest BCUT2D eigenvalue weighted by Gasteiger charge is -2.03. The molecule has 0 aliphatic carbocycles. The molecule has 0 radical (unpaired) electrons. The SMILES string of the molecule is COC(=O)C[C@@H](O)/C=C/Cc1ccc(F)cc1F. The molecular weight excluding hydrogens is 242 g/mol. The van der Waals surface area contributed by atoms with Crippen molar-refractivity contribution in [2.75, 3.05) is 7.11 Å². The summed E-state index contributed by atoms with van der Waals surface area (Å²) in [7, 11) is 1.23. The lowest BCUT2D eigenvalue weighted by molar-refractivity contribution is -0.142. The van der Waals surface area contributed by atoms with Crippen LogP contribution < -0.4 is 0 Å². The number of methoxy groups -OCH3 is 1. The minimum Gasteiger partial charge on any atom is -0.469 e. The number of aliphatic hydroxyl groups is 1. The molecule has 1 rings (SSSR count). The second kappa shape index (κ2) is 6.86. The maximum absolute atomic E-state index is 13.2. The monoisotopic (exact) mass is 256 g/mol. The number of rotatable bonds is 5. The minimum absolute atomic E-state index is 0.154. The van der Waals surface area contributed by atoms with E-state index in [9.17, 15) is 18.7 Å². The normalized spacial score (nSPS) is 12.7. The number of ether oxygens (including phenoxy) is 1. The molecule has 0 aliphatic rings. The molecule has 0 aliphatic heterocycles. The van der Waals surface area contributed by atoms with Gasteiger partial charge in [0, 0.05) is 6.07 Å². The summed E-state index contributed by atoms with van der Waals surface area (Å²) in [5.41, 5.74) is 0.318. The Morgan fingerprint density at radius 1 is 1.50 bits per heavy atom. The Morgan fingerprint density at radius 3 is 2.83 bits per heavy atom. The summed E-state index contributed by atoms with van der Waals surface area (Å²) in [5, 5.41) is 9.40. The van der Waals surface area contributed by atoms with Crippen LogP contribution in [0.5, 0.6) is 0 Å². The molecule has 0 aromatic heterocycles. The number of carbonyl (C=O) groups excluding carboxylic acids is 1. The predicted molar refractivity (Wildman–Crippen MR) is 61.8 cm³/mol. The molecule has 0 saturated heterocycles. The van der Waals surface area contributed by atoms with Crippen LogP contribution in [-0.4, -0.2) is 24.3 Å². The summed E-state index contributed by atoms with van der Waals surface area (Å²) in [6.07, 6.45) is 1.98. The van der Waals surface area contributed by atoms with Crippen molar-refractivity contribution in [1.29, 1.82) is 0 Å². The summed E-state index contributed by atoms with van der Waals surface area (Å²) in [6.45, 7) is 0. The third-order valence-corrected chi connectivity index (χ3v) is 2.31. The summed E-state index contributed by atoms with van der Waals surface area (Å²) < 4.78 is 30.2. The Kier molecular flexibility index (Phi) is 5.45. The number of allylic oxidation sites excluding steroid dienone is 1. The van der Waals surface area contributed by atoms with E-state index < -0.39 is 23.7 Å². The first-order chi connectivity index (χ1) is 8.52. The Balaban J connectivity index is 2.51. The third kappa shape index (κ3) is 4.63. The van der Waals surface area contributed by atoms with Gasteiger partial charge in [-0.2, -0.15) is 0 Å². The van der Waals surface area contributed by atoms with Crippen LogP contribution >= 0.6 is 0 Å². The van der Waals surface area contributed by atoms with Gasteiger partial charge < -0.3 is 9.84 Å². The van der Waals surface area contributed by atoms with E-state index in [0.29, 0.717) is 5.56 Å². The molecule has 3 nitrogen and oxygen atoms in total. The van der Waals surface area contributed by atoms with E-state index in [0.717, 1.165) is 12.1 Å². The molecule has 0 spiro atoms. The molecule has 1 N–H and O–H groups in total. The number of hydrogen-bond donors (Lipinski definition) is 1. The Labute approximate surface area is 104 Å². The Hall–Kier alpha value is -1.75. The third-order valence-electron chi connectivity index (χ3n) is 2.31. The molecule has 98 valence electrons. The van der Waals surface area contributed by atoms with Crippen molar-refractivity contribution in [3.63, 3.8) is 0 Å². The van der Waals surface area contributed by atoms with Crippen molar-refractivity contribution in [2.45, 2.75) is 18.9 Å². The van der Waals surface area contributed by atoms with E-state index in [1.165, 1.54) is 25.3 Å². The van der Waals surface area contributed by atoms with Crippen LogP contribution in [0.2, 0.25) is 0 Å². The van der Waals surface area contributed by atoms with Crippen LogP contribution in [0.1, 0.15) is 12.0 Å². The van der Waals surface area contributed by atoms with Crippen LogP contribution in [0.25, 0.3) is 0 Å². The van der Waals surface area contributed by atoms with Gasteiger partial charge in [0.1, 0.15) is 11.6 Å². The zero-order chi connectivity index (χ0) is 13.5. The van der Waals surface area contributed by atoms with Crippen molar-refractivity contribution in [3.8, 4) is 0 Å².